The fourth-order valence-corrected chi connectivity index (χ4v) is 4.18. The Morgan fingerprint density at radius 3 is 2.58 bits per heavy atom. The van der Waals surface area contributed by atoms with Crippen LogP contribution in [0.4, 0.5) is 0 Å². The van der Waals surface area contributed by atoms with Crippen LogP contribution < -0.4 is 5.32 Å². The topological polar surface area (TPSA) is 18.5 Å². The number of rotatable bonds is 5. The molecule has 0 aliphatic carbocycles. The van der Waals surface area contributed by atoms with E-state index in [0.717, 1.165) is 18.0 Å². The molecule has 3 unspecified atom stereocenters. The van der Waals surface area contributed by atoms with Crippen molar-refractivity contribution in [2.45, 2.75) is 57.5 Å². The molecular weight excluding hydrogens is 234 g/mol. The van der Waals surface area contributed by atoms with Crippen LogP contribution in [0.2, 0.25) is 0 Å². The summed E-state index contributed by atoms with van der Waals surface area (Å²) in [4.78, 5) is 5.32. The predicted molar refractivity (Wildman–Crippen MR) is 80.5 cm³/mol. The molecule has 3 aliphatic rings. The minimum Gasteiger partial charge on any atom is -0.311 e. The van der Waals surface area contributed by atoms with Crippen LogP contribution in [-0.2, 0) is 0 Å². The van der Waals surface area contributed by atoms with Gasteiger partial charge in [-0.2, -0.15) is 0 Å². The Morgan fingerprint density at radius 2 is 1.79 bits per heavy atom. The van der Waals surface area contributed by atoms with E-state index >= 15 is 0 Å². The lowest BCUT2D eigenvalue weighted by Crippen LogP contribution is -2.51. The van der Waals surface area contributed by atoms with Crippen molar-refractivity contribution in [2.75, 3.05) is 39.3 Å². The molecule has 0 aromatic carbocycles. The first-order valence-corrected chi connectivity index (χ1v) is 8.56. The number of fused-ring (bicyclic) bond motifs is 2. The van der Waals surface area contributed by atoms with Gasteiger partial charge in [0.25, 0.3) is 0 Å². The second kappa shape index (κ2) is 6.55. The highest BCUT2D eigenvalue weighted by Crippen LogP contribution is 2.28. The molecule has 3 fully saturated rings. The molecule has 3 aliphatic heterocycles. The highest BCUT2D eigenvalue weighted by molar-refractivity contribution is 4.93. The maximum Gasteiger partial charge on any atom is 0.0123 e. The largest absolute Gasteiger partial charge is 0.311 e. The van der Waals surface area contributed by atoms with Gasteiger partial charge in [0.2, 0.25) is 0 Å². The SMILES string of the molecule is CCCCN1CCC(NC2CCN3CCC2C3)CC1. The van der Waals surface area contributed by atoms with E-state index in [-0.39, 0.29) is 0 Å². The van der Waals surface area contributed by atoms with E-state index in [9.17, 15) is 0 Å². The second-order valence-corrected chi connectivity index (χ2v) is 6.88. The van der Waals surface area contributed by atoms with Crippen LogP contribution in [0.5, 0.6) is 0 Å². The number of likely N-dealkylation sites (tertiary alicyclic amines) is 1. The van der Waals surface area contributed by atoms with Gasteiger partial charge in [-0.1, -0.05) is 13.3 Å². The second-order valence-electron chi connectivity index (χ2n) is 6.88. The zero-order valence-electron chi connectivity index (χ0n) is 12.6. The Bertz CT molecular complexity index is 273. The summed E-state index contributed by atoms with van der Waals surface area (Å²) < 4.78 is 0. The minimum atomic E-state index is 0.801. The third kappa shape index (κ3) is 3.50. The number of hydrogen-bond donors (Lipinski definition) is 1. The molecule has 3 nitrogen and oxygen atoms in total. The summed E-state index contributed by atoms with van der Waals surface area (Å²) in [5.41, 5.74) is 0. The zero-order chi connectivity index (χ0) is 13.1. The Balaban J connectivity index is 1.40. The van der Waals surface area contributed by atoms with Crippen molar-refractivity contribution in [2.24, 2.45) is 5.92 Å². The molecule has 3 heterocycles. The van der Waals surface area contributed by atoms with Gasteiger partial charge in [0.15, 0.2) is 0 Å². The van der Waals surface area contributed by atoms with E-state index < -0.39 is 0 Å². The Labute approximate surface area is 118 Å². The van der Waals surface area contributed by atoms with E-state index in [1.165, 1.54) is 77.8 Å². The van der Waals surface area contributed by atoms with Crippen molar-refractivity contribution in [3.05, 3.63) is 0 Å². The van der Waals surface area contributed by atoms with E-state index in [2.05, 4.69) is 22.0 Å². The van der Waals surface area contributed by atoms with Gasteiger partial charge < -0.3 is 15.1 Å². The highest BCUT2D eigenvalue weighted by atomic mass is 15.2. The van der Waals surface area contributed by atoms with Crippen molar-refractivity contribution < 1.29 is 0 Å². The molecule has 2 bridgehead atoms. The molecule has 1 N–H and O–H groups in total. The first kappa shape index (κ1) is 13.8. The molecular formula is C16H31N3. The van der Waals surface area contributed by atoms with Crippen LogP contribution in [0.15, 0.2) is 0 Å². The third-order valence-electron chi connectivity index (χ3n) is 5.50. The molecule has 19 heavy (non-hydrogen) atoms. The average molecular weight is 265 g/mol. The van der Waals surface area contributed by atoms with Gasteiger partial charge in [0.1, 0.15) is 0 Å². The maximum atomic E-state index is 4.01. The first-order chi connectivity index (χ1) is 9.35. The third-order valence-corrected chi connectivity index (χ3v) is 5.50. The minimum absolute atomic E-state index is 0.801. The lowest BCUT2D eigenvalue weighted by Gasteiger charge is -2.38. The van der Waals surface area contributed by atoms with Crippen LogP contribution in [0, 0.1) is 5.92 Å². The van der Waals surface area contributed by atoms with Crippen LogP contribution in [0.1, 0.15) is 45.4 Å². The summed E-state index contributed by atoms with van der Waals surface area (Å²) in [5, 5.41) is 4.01. The first-order valence-electron chi connectivity index (χ1n) is 8.56. The van der Waals surface area contributed by atoms with Gasteiger partial charge in [0.05, 0.1) is 0 Å². The van der Waals surface area contributed by atoms with Crippen LogP contribution in [0.25, 0.3) is 0 Å². The summed E-state index contributed by atoms with van der Waals surface area (Å²) >= 11 is 0. The molecule has 3 heteroatoms. The number of unbranched alkanes of at least 4 members (excludes halogenated alkanes) is 1. The van der Waals surface area contributed by atoms with E-state index in [4.69, 9.17) is 0 Å². The van der Waals surface area contributed by atoms with E-state index in [0.29, 0.717) is 0 Å². The van der Waals surface area contributed by atoms with Crippen molar-refractivity contribution >= 4 is 0 Å². The smallest absolute Gasteiger partial charge is 0.0123 e. The van der Waals surface area contributed by atoms with E-state index in [1.54, 1.807) is 0 Å². The van der Waals surface area contributed by atoms with Gasteiger partial charge in [-0.15, -0.1) is 0 Å². The van der Waals surface area contributed by atoms with Crippen molar-refractivity contribution in [3.8, 4) is 0 Å². The van der Waals surface area contributed by atoms with Gasteiger partial charge in [-0.25, -0.2) is 0 Å². The maximum absolute atomic E-state index is 4.01. The summed E-state index contributed by atoms with van der Waals surface area (Å²) in [6, 6.07) is 1.63. The van der Waals surface area contributed by atoms with Crippen LogP contribution >= 0.6 is 0 Å². The number of nitrogens with one attached hydrogen (secondary N) is 1. The molecule has 0 aromatic rings. The summed E-state index contributed by atoms with van der Waals surface area (Å²) in [7, 11) is 0. The van der Waals surface area contributed by atoms with Gasteiger partial charge in [-0.05, 0) is 70.7 Å². The van der Waals surface area contributed by atoms with Crippen molar-refractivity contribution in [3.63, 3.8) is 0 Å². The monoisotopic (exact) mass is 265 g/mol. The standard InChI is InChI=1S/C16H31N3/c1-2-3-8-18-10-5-15(6-11-18)17-16-7-12-19-9-4-14(16)13-19/h14-17H,2-13H2,1H3. The lowest BCUT2D eigenvalue weighted by atomic mass is 9.92. The molecule has 3 saturated heterocycles. The molecule has 3 atom stereocenters. The van der Waals surface area contributed by atoms with Crippen LogP contribution in [0.3, 0.4) is 0 Å². The van der Waals surface area contributed by atoms with Crippen molar-refractivity contribution in [1.29, 1.82) is 0 Å². The number of nitrogens with zero attached hydrogens (tertiary/aromatic N) is 2. The van der Waals surface area contributed by atoms with Gasteiger partial charge >= 0.3 is 0 Å². The summed E-state index contributed by atoms with van der Waals surface area (Å²) in [6.07, 6.45) is 8.28. The molecule has 0 radical (unpaired) electrons. The molecule has 3 rings (SSSR count). The highest BCUT2D eigenvalue weighted by Gasteiger charge is 2.35. The molecule has 110 valence electrons. The van der Waals surface area contributed by atoms with Crippen molar-refractivity contribution in [1.82, 2.24) is 15.1 Å². The zero-order valence-corrected chi connectivity index (χ0v) is 12.6. The van der Waals surface area contributed by atoms with Gasteiger partial charge in [-0.3, -0.25) is 0 Å². The van der Waals surface area contributed by atoms with Gasteiger partial charge in [0, 0.05) is 18.6 Å². The molecule has 0 amide bonds. The Kier molecular flexibility index (Phi) is 4.78. The summed E-state index contributed by atoms with van der Waals surface area (Å²) in [6.45, 7) is 10.3. The fraction of sp³-hybridized carbons (Fsp3) is 1.00. The quantitative estimate of drug-likeness (QED) is 0.819. The molecule has 0 aromatic heterocycles. The molecule has 0 spiro atoms. The average Bonchev–Trinajstić information content (AvgIpc) is 2.84. The van der Waals surface area contributed by atoms with Crippen LogP contribution in [-0.4, -0.2) is 61.2 Å². The predicted octanol–water partition coefficient (Wildman–Crippen LogP) is 1.93. The number of hydrogen-bond acceptors (Lipinski definition) is 3. The normalized spacial score (nSPS) is 36.8. The Hall–Kier alpha value is -0.120. The Morgan fingerprint density at radius 1 is 1.00 bits per heavy atom. The number of piperidine rings is 2. The van der Waals surface area contributed by atoms with E-state index in [1.807, 2.05) is 0 Å². The molecule has 0 saturated carbocycles. The summed E-state index contributed by atoms with van der Waals surface area (Å²) in [5.74, 6) is 0.951. The lowest BCUT2D eigenvalue weighted by molar-refractivity contribution is 0.160. The fourth-order valence-electron chi connectivity index (χ4n) is 4.18.